The quantitative estimate of drug-likeness (QED) is 0.361. The Kier molecular flexibility index (Phi) is 4.67. The second kappa shape index (κ2) is 5.29. The van der Waals surface area contributed by atoms with Crippen LogP contribution in [0.3, 0.4) is 0 Å². The number of esters is 2. The van der Waals surface area contributed by atoms with Crippen LogP contribution in [0.1, 0.15) is 26.2 Å². The maximum absolute atomic E-state index is 10.7. The SMILES string of the molecule is CCCCC(=O)OC(=O)C(N)=O. The zero-order valence-electron chi connectivity index (χ0n) is 6.83. The number of primary amides is 1. The van der Waals surface area contributed by atoms with E-state index >= 15 is 0 Å². The van der Waals surface area contributed by atoms with Crippen molar-refractivity contribution < 1.29 is 19.1 Å². The van der Waals surface area contributed by atoms with Crippen molar-refractivity contribution in [3.8, 4) is 0 Å². The number of carbonyl (C=O) groups excluding carboxylic acids is 3. The number of nitrogens with two attached hydrogens (primary N) is 1. The van der Waals surface area contributed by atoms with E-state index in [4.69, 9.17) is 0 Å². The van der Waals surface area contributed by atoms with Gasteiger partial charge >= 0.3 is 17.8 Å². The Bertz CT molecular complexity index is 200. The van der Waals surface area contributed by atoms with Crippen molar-refractivity contribution in [3.05, 3.63) is 0 Å². The van der Waals surface area contributed by atoms with Gasteiger partial charge in [-0.15, -0.1) is 0 Å². The number of amides is 1. The first-order chi connectivity index (χ1) is 5.57. The van der Waals surface area contributed by atoms with Crippen LogP contribution < -0.4 is 5.73 Å². The van der Waals surface area contributed by atoms with Crippen molar-refractivity contribution in [3.63, 3.8) is 0 Å². The van der Waals surface area contributed by atoms with Crippen molar-refractivity contribution in [1.29, 1.82) is 0 Å². The Morgan fingerprint density at radius 1 is 1.33 bits per heavy atom. The second-order valence-corrected chi connectivity index (χ2v) is 2.23. The van der Waals surface area contributed by atoms with E-state index in [1.807, 2.05) is 6.92 Å². The summed E-state index contributed by atoms with van der Waals surface area (Å²) in [5, 5.41) is 0. The van der Waals surface area contributed by atoms with Crippen LogP contribution in [0, 0.1) is 0 Å². The molecule has 5 nitrogen and oxygen atoms in total. The first-order valence-corrected chi connectivity index (χ1v) is 3.62. The molecule has 2 N–H and O–H groups in total. The highest BCUT2D eigenvalue weighted by Crippen LogP contribution is 1.96. The molecule has 0 aromatic rings. The maximum atomic E-state index is 10.7. The van der Waals surface area contributed by atoms with Gasteiger partial charge in [-0.3, -0.25) is 9.59 Å². The molecule has 0 aliphatic carbocycles. The van der Waals surface area contributed by atoms with Gasteiger partial charge in [0.2, 0.25) is 0 Å². The molecule has 0 saturated heterocycles. The van der Waals surface area contributed by atoms with Gasteiger partial charge in [-0.05, 0) is 6.42 Å². The summed E-state index contributed by atoms with van der Waals surface area (Å²) in [5.41, 5.74) is 4.55. The molecule has 0 atom stereocenters. The predicted octanol–water partition coefficient (Wildman–Crippen LogP) is -0.268. The monoisotopic (exact) mass is 173 g/mol. The van der Waals surface area contributed by atoms with Gasteiger partial charge in [0.1, 0.15) is 0 Å². The zero-order chi connectivity index (χ0) is 9.56. The van der Waals surface area contributed by atoms with Crippen LogP contribution >= 0.6 is 0 Å². The normalized spacial score (nSPS) is 9.08. The van der Waals surface area contributed by atoms with E-state index in [9.17, 15) is 14.4 Å². The van der Waals surface area contributed by atoms with Crippen molar-refractivity contribution in [2.24, 2.45) is 5.73 Å². The molecule has 0 bridgehead atoms. The minimum absolute atomic E-state index is 0.134. The Hall–Kier alpha value is -1.39. The third-order valence-electron chi connectivity index (χ3n) is 1.14. The van der Waals surface area contributed by atoms with E-state index in [0.717, 1.165) is 6.42 Å². The van der Waals surface area contributed by atoms with E-state index in [2.05, 4.69) is 10.5 Å². The van der Waals surface area contributed by atoms with Crippen LogP contribution in [-0.4, -0.2) is 17.8 Å². The van der Waals surface area contributed by atoms with E-state index < -0.39 is 17.8 Å². The molecule has 0 aliphatic rings. The van der Waals surface area contributed by atoms with E-state index in [-0.39, 0.29) is 6.42 Å². The molecule has 0 saturated carbocycles. The van der Waals surface area contributed by atoms with Gasteiger partial charge in [-0.1, -0.05) is 13.3 Å². The molecular weight excluding hydrogens is 162 g/mol. The average Bonchev–Trinajstić information content (AvgIpc) is 2.00. The van der Waals surface area contributed by atoms with Gasteiger partial charge in [-0.2, -0.15) is 0 Å². The highest BCUT2D eigenvalue weighted by molar-refractivity contribution is 6.33. The zero-order valence-corrected chi connectivity index (χ0v) is 6.83. The fourth-order valence-corrected chi connectivity index (χ4v) is 0.526. The molecule has 0 spiro atoms. The van der Waals surface area contributed by atoms with Crippen molar-refractivity contribution in [2.45, 2.75) is 26.2 Å². The Morgan fingerprint density at radius 2 is 1.92 bits per heavy atom. The molecule has 0 fully saturated rings. The first-order valence-electron chi connectivity index (χ1n) is 3.62. The molecule has 0 aliphatic heterocycles. The highest BCUT2D eigenvalue weighted by Gasteiger charge is 2.14. The summed E-state index contributed by atoms with van der Waals surface area (Å²) in [7, 11) is 0. The molecule has 5 heteroatoms. The molecule has 0 rings (SSSR count). The lowest BCUT2D eigenvalue weighted by Crippen LogP contribution is -2.27. The molecule has 12 heavy (non-hydrogen) atoms. The molecule has 68 valence electrons. The smallest absolute Gasteiger partial charge is 0.386 e. The van der Waals surface area contributed by atoms with Crippen LogP contribution in [-0.2, 0) is 19.1 Å². The van der Waals surface area contributed by atoms with Crippen molar-refractivity contribution >= 4 is 17.8 Å². The lowest BCUT2D eigenvalue weighted by molar-refractivity contribution is -0.164. The topological polar surface area (TPSA) is 86.5 Å². The lowest BCUT2D eigenvalue weighted by Gasteiger charge is -1.97. The summed E-state index contributed by atoms with van der Waals surface area (Å²) >= 11 is 0. The summed E-state index contributed by atoms with van der Waals surface area (Å²) < 4.78 is 4.06. The number of carbonyl (C=O) groups is 3. The van der Waals surface area contributed by atoms with Gasteiger partial charge in [0, 0.05) is 6.42 Å². The number of ether oxygens (including phenoxy) is 1. The van der Waals surface area contributed by atoms with Gasteiger partial charge in [0.05, 0.1) is 0 Å². The van der Waals surface area contributed by atoms with Crippen LogP contribution in [0.4, 0.5) is 0 Å². The van der Waals surface area contributed by atoms with Crippen LogP contribution in [0.15, 0.2) is 0 Å². The molecule has 1 amide bonds. The van der Waals surface area contributed by atoms with E-state index in [1.165, 1.54) is 0 Å². The second-order valence-electron chi connectivity index (χ2n) is 2.23. The van der Waals surface area contributed by atoms with E-state index in [1.54, 1.807) is 0 Å². The lowest BCUT2D eigenvalue weighted by atomic mass is 10.2. The minimum Gasteiger partial charge on any atom is -0.386 e. The van der Waals surface area contributed by atoms with Gasteiger partial charge in [0.15, 0.2) is 0 Å². The molecule has 0 radical (unpaired) electrons. The van der Waals surface area contributed by atoms with Crippen LogP contribution in [0.5, 0.6) is 0 Å². The molecule has 0 unspecified atom stereocenters. The van der Waals surface area contributed by atoms with Crippen LogP contribution in [0.25, 0.3) is 0 Å². The number of unbranched alkanes of at least 4 members (excludes halogenated alkanes) is 1. The minimum atomic E-state index is -1.30. The Labute approximate surface area is 69.9 Å². The fourth-order valence-electron chi connectivity index (χ4n) is 0.526. The Morgan fingerprint density at radius 3 is 2.33 bits per heavy atom. The van der Waals surface area contributed by atoms with Gasteiger partial charge < -0.3 is 10.5 Å². The highest BCUT2D eigenvalue weighted by atomic mass is 16.6. The van der Waals surface area contributed by atoms with Gasteiger partial charge in [0.25, 0.3) is 0 Å². The molecule has 0 aromatic carbocycles. The summed E-state index contributed by atoms with van der Waals surface area (Å²) in [6.07, 6.45) is 1.58. The molecule has 0 heterocycles. The van der Waals surface area contributed by atoms with Gasteiger partial charge in [-0.25, -0.2) is 4.79 Å². The number of hydrogen-bond donors (Lipinski definition) is 1. The standard InChI is InChI=1S/C7H11NO4/c1-2-3-4-5(9)12-7(11)6(8)10/h2-4H2,1H3,(H2,8,10). The van der Waals surface area contributed by atoms with E-state index in [0.29, 0.717) is 6.42 Å². The predicted molar refractivity (Wildman–Crippen MR) is 39.8 cm³/mol. The maximum Gasteiger partial charge on any atom is 0.404 e. The third-order valence-corrected chi connectivity index (χ3v) is 1.14. The number of rotatable bonds is 3. The Balaban J connectivity index is 3.69. The third kappa shape index (κ3) is 4.43. The average molecular weight is 173 g/mol. The summed E-state index contributed by atoms with van der Waals surface area (Å²) in [5.74, 6) is -3.25. The summed E-state index contributed by atoms with van der Waals surface area (Å²) in [4.78, 5) is 31.2. The molecular formula is C7H11NO4. The first kappa shape index (κ1) is 10.6. The fraction of sp³-hybridized carbons (Fsp3) is 0.571. The molecule has 0 aromatic heterocycles. The summed E-state index contributed by atoms with van der Waals surface area (Å²) in [6.45, 7) is 1.89. The number of hydrogen-bond acceptors (Lipinski definition) is 4. The van der Waals surface area contributed by atoms with Crippen molar-refractivity contribution in [2.75, 3.05) is 0 Å². The summed E-state index contributed by atoms with van der Waals surface area (Å²) in [6, 6.07) is 0. The van der Waals surface area contributed by atoms with Crippen LogP contribution in [0.2, 0.25) is 0 Å². The van der Waals surface area contributed by atoms with Crippen molar-refractivity contribution in [1.82, 2.24) is 0 Å². The largest absolute Gasteiger partial charge is 0.404 e.